The van der Waals surface area contributed by atoms with Gasteiger partial charge in [0.25, 0.3) is 5.91 Å². The van der Waals surface area contributed by atoms with Gasteiger partial charge in [-0.15, -0.1) is 0 Å². The molecule has 0 aliphatic carbocycles. The summed E-state index contributed by atoms with van der Waals surface area (Å²) in [5, 5.41) is 4.31. The van der Waals surface area contributed by atoms with Crippen LogP contribution in [0.15, 0.2) is 36.5 Å². The Balaban J connectivity index is 1.30. The molecule has 4 rings (SSSR count). The number of piperazine rings is 1. The molecule has 0 N–H and O–H groups in total. The topological polar surface area (TPSA) is 61.7 Å². The number of piperidine rings is 1. The molecule has 154 valence electrons. The first-order valence-electron chi connectivity index (χ1n) is 10.2. The van der Waals surface area contributed by atoms with E-state index in [1.165, 1.54) is 23.2 Å². The zero-order valence-corrected chi connectivity index (χ0v) is 16.5. The SMILES string of the molecule is O=C(CN1CCN(C(=O)c2ccn(-c3cccc(F)c3)n2)CC1)N1CCCCC1. The molecule has 1 aromatic heterocycles. The number of amides is 2. The van der Waals surface area contributed by atoms with E-state index in [-0.39, 0.29) is 17.6 Å². The number of likely N-dealkylation sites (tertiary alicyclic amines) is 1. The predicted molar refractivity (Wildman–Crippen MR) is 106 cm³/mol. The normalized spacial score (nSPS) is 18.1. The molecular formula is C21H26FN5O2. The summed E-state index contributed by atoms with van der Waals surface area (Å²) in [7, 11) is 0. The Morgan fingerprint density at radius 2 is 1.69 bits per heavy atom. The third-order valence-electron chi connectivity index (χ3n) is 5.61. The summed E-state index contributed by atoms with van der Waals surface area (Å²) >= 11 is 0. The number of carbonyl (C=O) groups is 2. The van der Waals surface area contributed by atoms with E-state index < -0.39 is 0 Å². The minimum absolute atomic E-state index is 0.137. The first-order chi connectivity index (χ1) is 14.1. The quantitative estimate of drug-likeness (QED) is 0.786. The van der Waals surface area contributed by atoms with E-state index in [0.29, 0.717) is 44.1 Å². The van der Waals surface area contributed by atoms with E-state index in [4.69, 9.17) is 0 Å². The highest BCUT2D eigenvalue weighted by molar-refractivity contribution is 5.92. The minimum Gasteiger partial charge on any atom is -0.342 e. The van der Waals surface area contributed by atoms with Gasteiger partial charge in [0.1, 0.15) is 5.82 Å². The van der Waals surface area contributed by atoms with Crippen LogP contribution in [-0.2, 0) is 4.79 Å². The van der Waals surface area contributed by atoms with Crippen molar-refractivity contribution in [3.63, 3.8) is 0 Å². The van der Waals surface area contributed by atoms with Crippen LogP contribution in [0.25, 0.3) is 5.69 Å². The van der Waals surface area contributed by atoms with Gasteiger partial charge in [-0.3, -0.25) is 14.5 Å². The second-order valence-electron chi connectivity index (χ2n) is 7.64. The van der Waals surface area contributed by atoms with Crippen LogP contribution in [-0.4, -0.2) is 82.1 Å². The third-order valence-corrected chi connectivity index (χ3v) is 5.61. The molecule has 7 nitrogen and oxygen atoms in total. The molecule has 3 heterocycles. The van der Waals surface area contributed by atoms with Gasteiger partial charge in [-0.05, 0) is 43.5 Å². The van der Waals surface area contributed by atoms with Gasteiger partial charge in [0.15, 0.2) is 5.69 Å². The van der Waals surface area contributed by atoms with Crippen LogP contribution in [0, 0.1) is 5.82 Å². The molecule has 2 saturated heterocycles. The number of rotatable bonds is 4. The summed E-state index contributed by atoms with van der Waals surface area (Å²) < 4.78 is 14.9. The van der Waals surface area contributed by atoms with E-state index in [9.17, 15) is 14.0 Å². The lowest BCUT2D eigenvalue weighted by Crippen LogP contribution is -2.52. The summed E-state index contributed by atoms with van der Waals surface area (Å²) in [5.41, 5.74) is 0.914. The van der Waals surface area contributed by atoms with Crippen LogP contribution in [0.4, 0.5) is 4.39 Å². The second kappa shape index (κ2) is 8.73. The number of hydrogen-bond acceptors (Lipinski definition) is 4. The number of carbonyl (C=O) groups excluding carboxylic acids is 2. The molecule has 0 unspecified atom stereocenters. The molecule has 2 aromatic rings. The first kappa shape index (κ1) is 19.6. The lowest BCUT2D eigenvalue weighted by molar-refractivity contribution is -0.133. The molecule has 0 spiro atoms. The van der Waals surface area contributed by atoms with Crippen LogP contribution < -0.4 is 0 Å². The first-order valence-corrected chi connectivity index (χ1v) is 10.2. The Bertz CT molecular complexity index is 869. The third kappa shape index (κ3) is 4.64. The van der Waals surface area contributed by atoms with Gasteiger partial charge in [0.2, 0.25) is 5.91 Å². The zero-order valence-electron chi connectivity index (χ0n) is 16.5. The van der Waals surface area contributed by atoms with E-state index in [0.717, 1.165) is 25.9 Å². The van der Waals surface area contributed by atoms with Gasteiger partial charge in [-0.25, -0.2) is 9.07 Å². The van der Waals surface area contributed by atoms with Crippen LogP contribution in [0.1, 0.15) is 29.8 Å². The predicted octanol–water partition coefficient (Wildman–Crippen LogP) is 1.78. The van der Waals surface area contributed by atoms with Crippen molar-refractivity contribution in [1.82, 2.24) is 24.5 Å². The summed E-state index contributed by atoms with van der Waals surface area (Å²) in [6.07, 6.45) is 5.06. The van der Waals surface area contributed by atoms with Crippen LogP contribution in [0.2, 0.25) is 0 Å². The maximum Gasteiger partial charge on any atom is 0.274 e. The van der Waals surface area contributed by atoms with E-state index in [2.05, 4.69) is 10.00 Å². The Hall–Kier alpha value is -2.74. The zero-order chi connectivity index (χ0) is 20.2. The number of benzene rings is 1. The van der Waals surface area contributed by atoms with E-state index >= 15 is 0 Å². The van der Waals surface area contributed by atoms with Crippen molar-refractivity contribution in [3.05, 3.63) is 48.0 Å². The van der Waals surface area contributed by atoms with Crippen molar-refractivity contribution < 1.29 is 14.0 Å². The van der Waals surface area contributed by atoms with Gasteiger partial charge >= 0.3 is 0 Å². The molecule has 0 saturated carbocycles. The maximum absolute atomic E-state index is 13.4. The molecule has 2 amide bonds. The summed E-state index contributed by atoms with van der Waals surface area (Å²) in [4.78, 5) is 31.0. The number of halogens is 1. The fourth-order valence-electron chi connectivity index (χ4n) is 3.91. The van der Waals surface area contributed by atoms with Crippen molar-refractivity contribution in [3.8, 4) is 5.69 Å². The molecule has 0 atom stereocenters. The van der Waals surface area contributed by atoms with Crippen LogP contribution in [0.5, 0.6) is 0 Å². The molecule has 1 aromatic carbocycles. The molecule has 0 radical (unpaired) electrons. The molecule has 2 aliphatic heterocycles. The average Bonchev–Trinajstić information content (AvgIpc) is 3.25. The second-order valence-corrected chi connectivity index (χ2v) is 7.64. The van der Waals surface area contributed by atoms with Crippen molar-refractivity contribution in [2.45, 2.75) is 19.3 Å². The Morgan fingerprint density at radius 3 is 2.41 bits per heavy atom. The number of nitrogens with zero attached hydrogens (tertiary/aromatic N) is 5. The Labute approximate surface area is 169 Å². The average molecular weight is 399 g/mol. The van der Waals surface area contributed by atoms with Crippen LogP contribution >= 0.6 is 0 Å². The fourth-order valence-corrected chi connectivity index (χ4v) is 3.91. The Kier molecular flexibility index (Phi) is 5.89. The summed E-state index contributed by atoms with van der Waals surface area (Å²) in [6.45, 7) is 4.65. The van der Waals surface area contributed by atoms with E-state index in [1.807, 2.05) is 4.90 Å². The van der Waals surface area contributed by atoms with Crippen LogP contribution in [0.3, 0.4) is 0 Å². The number of aromatic nitrogens is 2. The maximum atomic E-state index is 13.4. The van der Waals surface area contributed by atoms with Crippen molar-refractivity contribution in [2.75, 3.05) is 45.8 Å². The number of hydrogen-bond donors (Lipinski definition) is 0. The van der Waals surface area contributed by atoms with Gasteiger partial charge in [-0.1, -0.05) is 6.07 Å². The smallest absolute Gasteiger partial charge is 0.274 e. The molecule has 0 bridgehead atoms. The monoisotopic (exact) mass is 399 g/mol. The highest BCUT2D eigenvalue weighted by Gasteiger charge is 2.26. The highest BCUT2D eigenvalue weighted by atomic mass is 19.1. The van der Waals surface area contributed by atoms with Crippen molar-refractivity contribution >= 4 is 11.8 Å². The highest BCUT2D eigenvalue weighted by Crippen LogP contribution is 2.13. The van der Waals surface area contributed by atoms with Gasteiger partial charge in [0, 0.05) is 45.5 Å². The van der Waals surface area contributed by atoms with Gasteiger partial charge < -0.3 is 9.80 Å². The molecule has 2 fully saturated rings. The molecule has 29 heavy (non-hydrogen) atoms. The van der Waals surface area contributed by atoms with Crippen molar-refractivity contribution in [1.29, 1.82) is 0 Å². The summed E-state index contributed by atoms with van der Waals surface area (Å²) in [5.74, 6) is -0.290. The van der Waals surface area contributed by atoms with E-state index in [1.54, 1.807) is 29.3 Å². The minimum atomic E-state index is -0.346. The van der Waals surface area contributed by atoms with Crippen molar-refractivity contribution in [2.24, 2.45) is 0 Å². The lowest BCUT2D eigenvalue weighted by Gasteiger charge is -2.35. The largest absolute Gasteiger partial charge is 0.342 e. The lowest BCUT2D eigenvalue weighted by atomic mass is 10.1. The molecular weight excluding hydrogens is 373 g/mol. The molecule has 8 heteroatoms. The standard InChI is InChI=1S/C21H26FN5O2/c22-17-5-4-6-18(15-17)27-10-7-19(23-27)21(29)26-13-11-24(12-14-26)16-20(28)25-8-2-1-3-9-25/h4-7,10,15H,1-3,8-9,11-14,16H2. The van der Waals surface area contributed by atoms with Gasteiger partial charge in [-0.2, -0.15) is 5.10 Å². The Morgan fingerprint density at radius 1 is 0.931 bits per heavy atom. The fraction of sp³-hybridized carbons (Fsp3) is 0.476. The summed E-state index contributed by atoms with van der Waals surface area (Å²) in [6, 6.07) is 7.74. The van der Waals surface area contributed by atoms with Gasteiger partial charge in [0.05, 0.1) is 12.2 Å². The molecule has 2 aliphatic rings.